The molecule has 11 rings (SSSR count). The lowest BCUT2D eigenvalue weighted by Gasteiger charge is -2.11. The lowest BCUT2D eigenvalue weighted by atomic mass is 9.98. The van der Waals surface area contributed by atoms with Gasteiger partial charge in [0.15, 0.2) is 0 Å². The molecule has 3 aromatic heterocycles. The number of hydrogen-bond donors (Lipinski definition) is 0. The molecule has 0 fully saturated rings. The maximum absolute atomic E-state index is 2.45. The molecule has 0 saturated carbocycles. The highest BCUT2D eigenvalue weighted by atomic mass is 32.1. The van der Waals surface area contributed by atoms with E-state index in [4.69, 9.17) is 0 Å². The lowest BCUT2D eigenvalue weighted by Crippen LogP contribution is -1.95. The van der Waals surface area contributed by atoms with E-state index in [2.05, 4.69) is 203 Å². The Bertz CT molecular complexity index is 3130. The van der Waals surface area contributed by atoms with Gasteiger partial charge in [0, 0.05) is 53.9 Å². The number of para-hydroxylation sites is 2. The average Bonchev–Trinajstić information content (AvgIpc) is 3.94. The minimum absolute atomic E-state index is 1.16. The largest absolute Gasteiger partial charge is 0.316 e. The molecule has 3 heteroatoms. The summed E-state index contributed by atoms with van der Waals surface area (Å²) < 4.78 is 7.39. The second-order valence-corrected chi connectivity index (χ2v) is 14.7. The smallest absolute Gasteiger partial charge is 0.0635 e. The van der Waals surface area contributed by atoms with Gasteiger partial charge in [-0.25, -0.2) is 0 Å². The van der Waals surface area contributed by atoms with Crippen molar-refractivity contribution in [1.29, 1.82) is 0 Å². The van der Waals surface area contributed by atoms with Crippen LogP contribution in [0.15, 0.2) is 194 Å². The molecule has 11 aromatic rings. The summed E-state index contributed by atoms with van der Waals surface area (Å²) in [4.78, 5) is 0. The molecule has 8 aromatic carbocycles. The van der Waals surface area contributed by atoms with Gasteiger partial charge >= 0.3 is 0 Å². The summed E-state index contributed by atoms with van der Waals surface area (Å²) >= 11 is 1.91. The molecule has 0 aliphatic rings. The third kappa shape index (κ3) is 4.71. The molecule has 0 bridgehead atoms. The third-order valence-electron chi connectivity index (χ3n) is 10.8. The van der Waals surface area contributed by atoms with Crippen LogP contribution in [0.5, 0.6) is 0 Å². The summed E-state index contributed by atoms with van der Waals surface area (Å²) in [5, 5.41) is 6.39. The fourth-order valence-electron chi connectivity index (χ4n) is 8.30. The van der Waals surface area contributed by atoms with E-state index >= 15 is 0 Å². The van der Waals surface area contributed by atoms with Crippen LogP contribution in [0.25, 0.3) is 97.6 Å². The molecule has 0 saturated heterocycles. The van der Waals surface area contributed by atoms with Gasteiger partial charge in [-0.1, -0.05) is 146 Å². The van der Waals surface area contributed by atoms with E-state index in [0.29, 0.717) is 0 Å². The summed E-state index contributed by atoms with van der Waals surface area (Å²) in [5.74, 6) is 0. The van der Waals surface area contributed by atoms with Crippen molar-refractivity contribution in [1.82, 2.24) is 9.13 Å². The fraction of sp³-hybridized carbons (Fsp3) is 0. The zero-order valence-electron chi connectivity index (χ0n) is 28.8. The van der Waals surface area contributed by atoms with Gasteiger partial charge in [-0.05, 0) is 75.8 Å². The van der Waals surface area contributed by atoms with Gasteiger partial charge in [-0.3, -0.25) is 0 Å². The Kier molecular flexibility index (Phi) is 6.76. The van der Waals surface area contributed by atoms with Gasteiger partial charge in [-0.15, -0.1) is 11.3 Å². The molecule has 0 spiro atoms. The number of hydrogen-bond acceptors (Lipinski definition) is 1. The minimum Gasteiger partial charge on any atom is -0.316 e. The molecule has 0 N–H and O–H groups in total. The standard InChI is InChI=1S/C50H32N2S/c1-3-11-33(12-4-1)34-21-23-35(24-22-34)39-16-9-18-43-44-19-10-17-40(50(44)53-49(39)43)36-25-27-38(28-26-36)52-47-20-8-7-15-41(47)42-29-30-46-45(48(42)52)31-32-51(46)37-13-5-2-6-14-37/h1-32H. The Hall–Kier alpha value is -6.68. The molecule has 248 valence electrons. The molecule has 0 atom stereocenters. The molecule has 0 amide bonds. The highest BCUT2D eigenvalue weighted by molar-refractivity contribution is 7.26. The monoisotopic (exact) mass is 692 g/mol. The van der Waals surface area contributed by atoms with Gasteiger partial charge < -0.3 is 9.13 Å². The number of benzene rings is 8. The SMILES string of the molecule is c1ccc(-c2ccc(-c3cccc4c3sc3c(-c5ccc(-n6c7ccccc7c7ccc8c(ccn8-c8ccccc8)c76)cc5)cccc34)cc2)cc1. The number of rotatable bonds is 5. The van der Waals surface area contributed by atoms with Crippen LogP contribution in [0.1, 0.15) is 0 Å². The third-order valence-corrected chi connectivity index (χ3v) is 12.1. The van der Waals surface area contributed by atoms with Crippen LogP contribution < -0.4 is 0 Å². The summed E-state index contributed by atoms with van der Waals surface area (Å²) in [6.45, 7) is 0. The molecule has 0 unspecified atom stereocenters. The van der Waals surface area contributed by atoms with E-state index in [0.717, 1.165) is 11.4 Å². The zero-order chi connectivity index (χ0) is 34.9. The van der Waals surface area contributed by atoms with E-state index in [9.17, 15) is 0 Å². The first-order valence-electron chi connectivity index (χ1n) is 18.1. The minimum atomic E-state index is 1.16. The Morgan fingerprint density at radius 2 is 0.887 bits per heavy atom. The summed E-state index contributed by atoms with van der Waals surface area (Å²) in [6, 6.07) is 68.5. The first-order chi connectivity index (χ1) is 26.3. The van der Waals surface area contributed by atoms with Gasteiger partial charge in [0.2, 0.25) is 0 Å². The van der Waals surface area contributed by atoms with Crippen LogP contribution in [-0.4, -0.2) is 9.13 Å². The van der Waals surface area contributed by atoms with Crippen LogP contribution in [0.2, 0.25) is 0 Å². The number of fused-ring (bicyclic) bond motifs is 8. The molecular formula is C50H32N2S. The Morgan fingerprint density at radius 3 is 1.58 bits per heavy atom. The van der Waals surface area contributed by atoms with Crippen LogP contribution in [0.3, 0.4) is 0 Å². The van der Waals surface area contributed by atoms with Crippen molar-refractivity contribution in [2.75, 3.05) is 0 Å². The van der Waals surface area contributed by atoms with E-state index in [-0.39, 0.29) is 0 Å². The summed E-state index contributed by atoms with van der Waals surface area (Å²) in [5.41, 5.74) is 13.5. The number of thiophene rings is 1. The first-order valence-corrected chi connectivity index (χ1v) is 18.9. The van der Waals surface area contributed by atoms with Crippen molar-refractivity contribution in [2.24, 2.45) is 0 Å². The van der Waals surface area contributed by atoms with Crippen LogP contribution in [-0.2, 0) is 0 Å². The second-order valence-electron chi connectivity index (χ2n) is 13.7. The predicted octanol–water partition coefficient (Wildman–Crippen LogP) is 14.1. The van der Waals surface area contributed by atoms with Gasteiger partial charge in [0.25, 0.3) is 0 Å². The van der Waals surface area contributed by atoms with Crippen molar-refractivity contribution in [3.05, 3.63) is 194 Å². The zero-order valence-corrected chi connectivity index (χ0v) is 29.6. The van der Waals surface area contributed by atoms with Crippen LogP contribution >= 0.6 is 11.3 Å². The topological polar surface area (TPSA) is 9.86 Å². The van der Waals surface area contributed by atoms with Gasteiger partial charge in [0.1, 0.15) is 0 Å². The number of aromatic nitrogens is 2. The van der Waals surface area contributed by atoms with Crippen LogP contribution in [0, 0.1) is 0 Å². The number of nitrogens with zero attached hydrogens (tertiary/aromatic N) is 2. The van der Waals surface area contributed by atoms with Gasteiger partial charge in [-0.2, -0.15) is 0 Å². The molecule has 53 heavy (non-hydrogen) atoms. The molecule has 2 nitrogen and oxygen atoms in total. The fourth-order valence-corrected chi connectivity index (χ4v) is 9.67. The maximum atomic E-state index is 2.45. The van der Waals surface area contributed by atoms with Crippen molar-refractivity contribution in [3.63, 3.8) is 0 Å². The van der Waals surface area contributed by atoms with Crippen LogP contribution in [0.4, 0.5) is 0 Å². The lowest BCUT2D eigenvalue weighted by molar-refractivity contribution is 1.13. The highest BCUT2D eigenvalue weighted by Crippen LogP contribution is 2.44. The normalized spacial score (nSPS) is 11.8. The Morgan fingerprint density at radius 1 is 0.321 bits per heavy atom. The van der Waals surface area contributed by atoms with E-state index < -0.39 is 0 Å². The molecular weight excluding hydrogens is 661 g/mol. The Labute approximate surface area is 311 Å². The Balaban J connectivity index is 1.03. The molecule has 0 aliphatic carbocycles. The predicted molar refractivity (Wildman–Crippen MR) is 227 cm³/mol. The summed E-state index contributed by atoms with van der Waals surface area (Å²) in [7, 11) is 0. The van der Waals surface area contributed by atoms with Crippen molar-refractivity contribution in [3.8, 4) is 44.8 Å². The van der Waals surface area contributed by atoms with E-state index in [1.807, 2.05) is 11.3 Å². The molecule has 0 aliphatic heterocycles. The molecule has 3 heterocycles. The first kappa shape index (κ1) is 30.0. The van der Waals surface area contributed by atoms with Crippen molar-refractivity contribution < 1.29 is 0 Å². The van der Waals surface area contributed by atoms with Crippen molar-refractivity contribution in [2.45, 2.75) is 0 Å². The second kappa shape index (κ2) is 11.9. The van der Waals surface area contributed by atoms with E-state index in [1.54, 1.807) is 0 Å². The summed E-state index contributed by atoms with van der Waals surface area (Å²) in [6.07, 6.45) is 2.20. The maximum Gasteiger partial charge on any atom is 0.0635 e. The quantitative estimate of drug-likeness (QED) is 0.170. The van der Waals surface area contributed by atoms with Gasteiger partial charge in [0.05, 0.1) is 16.6 Å². The van der Waals surface area contributed by atoms with Crippen molar-refractivity contribution >= 4 is 64.2 Å². The molecule has 0 radical (unpaired) electrons. The average molecular weight is 693 g/mol. The van der Waals surface area contributed by atoms with E-state index in [1.165, 1.54) is 86.3 Å². The highest BCUT2D eigenvalue weighted by Gasteiger charge is 2.18.